The summed E-state index contributed by atoms with van der Waals surface area (Å²) in [6.45, 7) is 0. The molecule has 0 saturated carbocycles. The molecule has 2 heteroatoms. The van der Waals surface area contributed by atoms with E-state index in [1.54, 1.807) is 0 Å². The van der Waals surface area contributed by atoms with Gasteiger partial charge in [-0.3, -0.25) is 0 Å². The van der Waals surface area contributed by atoms with E-state index >= 15 is 0 Å². The van der Waals surface area contributed by atoms with Crippen LogP contribution < -0.4 is 0 Å². The molecule has 0 radical (unpaired) electrons. The normalized spacial score (nSPS) is 11.1. The molecule has 0 atom stereocenters. The van der Waals surface area contributed by atoms with E-state index in [1.807, 2.05) is 0 Å². The minimum Gasteiger partial charge on any atom is -0.248 e. The van der Waals surface area contributed by atoms with E-state index in [2.05, 4.69) is 315 Å². The molecule has 0 aliphatic rings. The molecule has 2 aromatic heterocycles. The Hall–Kier alpha value is -10.3. The standard InChI is InChI=1S/C76H52N2/c1-5-14-53(15-6-1)57-32-40-65(41-33-57)73-49-71(50-74(77-73)66-42-34-58(35-43-66)54-16-7-2-8-17-54)63-28-24-61(25-29-63)69-22-13-23-70(48-69)62-26-30-64(31-27-62)72-51-75(67-44-36-59(37-45-67)55-18-9-3-10-19-55)78-76(52-72)68-46-38-60(39-47-68)56-20-11-4-12-21-56/h1-52H. The molecule has 13 rings (SSSR count). The van der Waals surface area contributed by atoms with E-state index in [1.165, 1.54) is 44.5 Å². The molecule has 0 aliphatic carbocycles. The van der Waals surface area contributed by atoms with Gasteiger partial charge in [0.05, 0.1) is 22.8 Å². The van der Waals surface area contributed by atoms with E-state index in [4.69, 9.17) is 9.97 Å². The summed E-state index contributed by atoms with van der Waals surface area (Å²) in [6.07, 6.45) is 0. The summed E-state index contributed by atoms with van der Waals surface area (Å²) in [7, 11) is 0. The van der Waals surface area contributed by atoms with E-state index in [9.17, 15) is 0 Å². The van der Waals surface area contributed by atoms with Crippen molar-refractivity contribution in [2.75, 3.05) is 0 Å². The van der Waals surface area contributed by atoms with Crippen LogP contribution in [-0.4, -0.2) is 9.97 Å². The van der Waals surface area contributed by atoms with Crippen LogP contribution in [0, 0.1) is 0 Å². The van der Waals surface area contributed by atoms with Gasteiger partial charge in [0.2, 0.25) is 0 Å². The summed E-state index contributed by atoms with van der Waals surface area (Å²) >= 11 is 0. The van der Waals surface area contributed by atoms with Crippen molar-refractivity contribution in [1.29, 1.82) is 0 Å². The third-order valence-corrected chi connectivity index (χ3v) is 14.8. The predicted octanol–water partition coefficient (Wildman–Crippen LogP) is 20.5. The van der Waals surface area contributed by atoms with Crippen molar-refractivity contribution in [3.05, 3.63) is 315 Å². The summed E-state index contributed by atoms with van der Waals surface area (Å²) < 4.78 is 0. The van der Waals surface area contributed by atoms with E-state index in [0.29, 0.717) is 0 Å². The van der Waals surface area contributed by atoms with Gasteiger partial charge < -0.3 is 0 Å². The number of pyridine rings is 2. The zero-order valence-corrected chi connectivity index (χ0v) is 42.9. The Morgan fingerprint density at radius 2 is 0.282 bits per heavy atom. The van der Waals surface area contributed by atoms with Gasteiger partial charge in [-0.1, -0.05) is 285 Å². The third-order valence-electron chi connectivity index (χ3n) is 14.8. The monoisotopic (exact) mass is 992 g/mol. The van der Waals surface area contributed by atoms with Crippen molar-refractivity contribution in [3.63, 3.8) is 0 Å². The SMILES string of the molecule is c1ccc(-c2ccc(-c3cc(-c4ccc(-c5cccc(-c6ccc(-c7cc(-c8ccc(-c9ccccc9)cc8)nc(-c8ccc(-c9ccccc9)cc8)c7)cc6)c5)cc4)cc(-c4ccc(-c5ccccc5)cc4)n3)cc2)cc1. The highest BCUT2D eigenvalue weighted by Crippen LogP contribution is 2.37. The molecule has 0 spiro atoms. The number of rotatable bonds is 12. The van der Waals surface area contributed by atoms with Crippen LogP contribution >= 0.6 is 0 Å². The van der Waals surface area contributed by atoms with Crippen molar-refractivity contribution in [3.8, 4) is 134 Å². The second-order valence-electron chi connectivity index (χ2n) is 19.8. The second kappa shape index (κ2) is 21.5. The van der Waals surface area contributed by atoms with Crippen LogP contribution in [0.25, 0.3) is 134 Å². The average Bonchev–Trinajstić information content (AvgIpc) is 3.54. The topological polar surface area (TPSA) is 25.8 Å². The first-order chi connectivity index (χ1) is 38.6. The fourth-order valence-electron chi connectivity index (χ4n) is 10.4. The van der Waals surface area contributed by atoms with Crippen molar-refractivity contribution < 1.29 is 0 Å². The van der Waals surface area contributed by atoms with E-state index < -0.39 is 0 Å². The summed E-state index contributed by atoms with van der Waals surface area (Å²) in [6, 6.07) is 113. The molecule has 2 heterocycles. The molecule has 78 heavy (non-hydrogen) atoms. The van der Waals surface area contributed by atoms with Crippen LogP contribution in [0.2, 0.25) is 0 Å². The molecular weight excluding hydrogens is 941 g/mol. The Balaban J connectivity index is 0.789. The molecule has 366 valence electrons. The largest absolute Gasteiger partial charge is 0.248 e. The lowest BCUT2D eigenvalue weighted by atomic mass is 9.94. The predicted molar refractivity (Wildman–Crippen MR) is 327 cm³/mol. The second-order valence-corrected chi connectivity index (χ2v) is 19.8. The van der Waals surface area contributed by atoms with Gasteiger partial charge in [0.15, 0.2) is 0 Å². The first kappa shape index (κ1) is 47.4. The molecule has 0 saturated heterocycles. The van der Waals surface area contributed by atoms with Gasteiger partial charge in [0.25, 0.3) is 0 Å². The fourth-order valence-corrected chi connectivity index (χ4v) is 10.4. The van der Waals surface area contributed by atoms with Crippen LogP contribution in [-0.2, 0) is 0 Å². The number of hydrogen-bond acceptors (Lipinski definition) is 2. The van der Waals surface area contributed by atoms with Crippen LogP contribution in [0.5, 0.6) is 0 Å². The maximum atomic E-state index is 5.28. The Morgan fingerprint density at radius 1 is 0.115 bits per heavy atom. The Morgan fingerprint density at radius 3 is 0.513 bits per heavy atom. The maximum Gasteiger partial charge on any atom is 0.0715 e. The number of aromatic nitrogens is 2. The fraction of sp³-hybridized carbons (Fsp3) is 0. The zero-order valence-electron chi connectivity index (χ0n) is 42.9. The zero-order chi connectivity index (χ0) is 52.0. The lowest BCUT2D eigenvalue weighted by molar-refractivity contribution is 1.32. The summed E-state index contributed by atoms with van der Waals surface area (Å²) in [5.74, 6) is 0. The van der Waals surface area contributed by atoms with Crippen molar-refractivity contribution in [2.45, 2.75) is 0 Å². The lowest BCUT2D eigenvalue weighted by Crippen LogP contribution is -1.92. The van der Waals surface area contributed by atoms with Gasteiger partial charge in [0, 0.05) is 22.3 Å². The first-order valence-corrected chi connectivity index (χ1v) is 26.6. The maximum absolute atomic E-state index is 5.28. The van der Waals surface area contributed by atoms with Gasteiger partial charge in [-0.25, -0.2) is 9.97 Å². The number of benzene rings is 11. The Bertz CT molecular complexity index is 3660. The highest BCUT2D eigenvalue weighted by atomic mass is 14.7. The quantitative estimate of drug-likeness (QED) is 0.122. The first-order valence-electron chi connectivity index (χ1n) is 26.6. The third kappa shape index (κ3) is 10.3. The van der Waals surface area contributed by atoms with Gasteiger partial charge in [-0.15, -0.1) is 0 Å². The molecule has 2 nitrogen and oxygen atoms in total. The highest BCUT2D eigenvalue weighted by Gasteiger charge is 2.14. The van der Waals surface area contributed by atoms with Gasteiger partial charge in [-0.2, -0.15) is 0 Å². The minimum absolute atomic E-state index is 0.935. The van der Waals surface area contributed by atoms with Crippen LogP contribution in [0.4, 0.5) is 0 Å². The van der Waals surface area contributed by atoms with Crippen molar-refractivity contribution in [2.24, 2.45) is 0 Å². The average molecular weight is 993 g/mol. The minimum atomic E-state index is 0.935. The summed E-state index contributed by atoms with van der Waals surface area (Å²) in [4.78, 5) is 10.6. The van der Waals surface area contributed by atoms with Crippen LogP contribution in [0.15, 0.2) is 315 Å². The highest BCUT2D eigenvalue weighted by molar-refractivity contribution is 5.83. The molecule has 13 aromatic rings. The van der Waals surface area contributed by atoms with Gasteiger partial charge >= 0.3 is 0 Å². The van der Waals surface area contributed by atoms with Crippen molar-refractivity contribution in [1.82, 2.24) is 9.97 Å². The number of nitrogens with zero attached hydrogens (tertiary/aromatic N) is 2. The van der Waals surface area contributed by atoms with Crippen molar-refractivity contribution >= 4 is 0 Å². The molecule has 0 bridgehead atoms. The smallest absolute Gasteiger partial charge is 0.0715 e. The van der Waals surface area contributed by atoms with Gasteiger partial charge in [-0.05, 0) is 119 Å². The van der Waals surface area contributed by atoms with Crippen LogP contribution in [0.3, 0.4) is 0 Å². The van der Waals surface area contributed by atoms with Crippen LogP contribution in [0.1, 0.15) is 0 Å². The Kier molecular flexibility index (Phi) is 13.1. The van der Waals surface area contributed by atoms with E-state index in [-0.39, 0.29) is 0 Å². The summed E-state index contributed by atoms with van der Waals surface area (Å²) in [5.41, 5.74) is 26.7. The van der Waals surface area contributed by atoms with Gasteiger partial charge in [0.1, 0.15) is 0 Å². The lowest BCUT2D eigenvalue weighted by Gasteiger charge is -2.13. The molecule has 0 aliphatic heterocycles. The number of hydrogen-bond donors (Lipinski definition) is 0. The molecule has 0 N–H and O–H groups in total. The molecule has 0 amide bonds. The molecule has 0 fully saturated rings. The molecule has 11 aromatic carbocycles. The Labute approximate surface area is 457 Å². The molecule has 0 unspecified atom stereocenters. The molecular formula is C76H52N2. The van der Waals surface area contributed by atoms with E-state index in [0.717, 1.165) is 89.5 Å². The summed E-state index contributed by atoms with van der Waals surface area (Å²) in [5, 5.41) is 0.